The van der Waals surface area contributed by atoms with Crippen molar-refractivity contribution in [2.45, 2.75) is 0 Å². The van der Waals surface area contributed by atoms with E-state index in [0.717, 1.165) is 23.1 Å². The largest absolute Gasteiger partial charge is 0.163 e. The lowest BCUT2D eigenvalue weighted by molar-refractivity contribution is 1.21. The molecule has 2 saturated carbocycles. The highest BCUT2D eigenvalue weighted by atomic mass is 15.2. The highest BCUT2D eigenvalue weighted by Gasteiger charge is 2.24. The maximum Gasteiger partial charge on any atom is 0.0779 e. The summed E-state index contributed by atoms with van der Waals surface area (Å²) in [5, 5.41) is 8.61. The molecule has 2 aliphatic carbocycles. The van der Waals surface area contributed by atoms with E-state index in [0.29, 0.717) is 0 Å². The van der Waals surface area contributed by atoms with Crippen molar-refractivity contribution in [3.05, 3.63) is 99.1 Å². The topological polar surface area (TPSA) is 24.7 Å². The molecule has 2 heteroatoms. The maximum absolute atomic E-state index is 4.40. The second kappa shape index (κ2) is 6.83. The Morgan fingerprint density at radius 3 is 2.15 bits per heavy atom. The molecule has 0 aliphatic heterocycles. The highest BCUT2D eigenvalue weighted by Crippen LogP contribution is 2.28. The van der Waals surface area contributed by atoms with Crippen LogP contribution in [0.4, 0.5) is 0 Å². The molecule has 0 unspecified atom stereocenters. The van der Waals surface area contributed by atoms with E-state index in [2.05, 4.69) is 10.2 Å². The molecule has 1 aromatic rings. The third-order valence-corrected chi connectivity index (χ3v) is 3.04. The summed E-state index contributed by atoms with van der Waals surface area (Å²) < 4.78 is 0. The van der Waals surface area contributed by atoms with Crippen LogP contribution in [0.2, 0.25) is 0 Å². The second-order valence-electron chi connectivity index (χ2n) is 4.45. The lowest BCUT2D eigenvalue weighted by Gasteiger charge is -2.10. The van der Waals surface area contributed by atoms with Crippen molar-refractivity contribution in [3.63, 3.8) is 0 Å². The van der Waals surface area contributed by atoms with Gasteiger partial charge in [0.15, 0.2) is 0 Å². The van der Waals surface area contributed by atoms with Crippen molar-refractivity contribution in [3.8, 4) is 0 Å². The minimum Gasteiger partial charge on any atom is -0.163 e. The zero-order chi connectivity index (χ0) is 13.6. The maximum atomic E-state index is 4.40. The zero-order valence-corrected chi connectivity index (χ0v) is 11.0. The Morgan fingerprint density at radius 1 is 0.800 bits per heavy atom. The van der Waals surface area contributed by atoms with Crippen LogP contribution in [0.3, 0.4) is 0 Å². The first-order chi connectivity index (χ1) is 9.93. The summed E-state index contributed by atoms with van der Waals surface area (Å²) in [5.74, 6) is 2.14. The van der Waals surface area contributed by atoms with E-state index < -0.39 is 0 Å². The van der Waals surface area contributed by atoms with Crippen molar-refractivity contribution < 1.29 is 0 Å². The Bertz CT molecular complexity index is 463. The molecule has 0 spiro atoms. The molecule has 0 N–H and O–H groups in total. The van der Waals surface area contributed by atoms with Gasteiger partial charge >= 0.3 is 0 Å². The van der Waals surface area contributed by atoms with Gasteiger partial charge in [0, 0.05) is 18.1 Å². The molecule has 0 amide bonds. The number of nitrogens with zero attached hydrogens (tertiary/aromatic N) is 2. The monoisotopic (exact) mass is 258 g/mol. The number of hydrogen-bond donors (Lipinski definition) is 0. The molecular formula is C18H14N2. The minimum absolute atomic E-state index is 0.887. The summed E-state index contributed by atoms with van der Waals surface area (Å²) in [6, 6.07) is 10.1. The smallest absolute Gasteiger partial charge is 0.0779 e. The predicted octanol–water partition coefficient (Wildman–Crippen LogP) is 3.27. The van der Waals surface area contributed by atoms with Gasteiger partial charge in [0.2, 0.25) is 0 Å². The molecule has 20 heavy (non-hydrogen) atoms. The molecule has 96 valence electrons. The van der Waals surface area contributed by atoms with Gasteiger partial charge in [0.05, 0.1) is 5.71 Å². The normalized spacial score (nSPS) is 22.1. The standard InChI is InChI=1S/C18H14N2/c1-2-10-16(11-3-1)18(17-12-6-7-13-17)20-19-14-15-8-4-5-9-15/h1-14H/b19-14+,20-18+. The van der Waals surface area contributed by atoms with Crippen molar-refractivity contribution in [1.82, 2.24) is 0 Å². The first kappa shape index (κ1) is 13.5. The summed E-state index contributed by atoms with van der Waals surface area (Å²) in [5.41, 5.74) is 1.96. The van der Waals surface area contributed by atoms with Crippen LogP contribution < -0.4 is 0 Å². The fraction of sp³-hybridized carbons (Fsp3) is 0. The van der Waals surface area contributed by atoms with Crippen LogP contribution in [-0.2, 0) is 0 Å². The van der Waals surface area contributed by atoms with Gasteiger partial charge in [-0.2, -0.15) is 10.2 Å². The Morgan fingerprint density at radius 2 is 1.45 bits per heavy atom. The van der Waals surface area contributed by atoms with Crippen molar-refractivity contribution >= 4 is 11.9 Å². The molecule has 0 bridgehead atoms. The molecule has 0 aromatic heterocycles. The van der Waals surface area contributed by atoms with Crippen molar-refractivity contribution in [2.75, 3.05) is 0 Å². The van der Waals surface area contributed by atoms with Crippen LogP contribution >= 0.6 is 0 Å². The Balaban J connectivity index is 1.77. The highest BCUT2D eigenvalue weighted by molar-refractivity contribution is 6.13. The molecule has 2 nitrogen and oxygen atoms in total. The van der Waals surface area contributed by atoms with Gasteiger partial charge < -0.3 is 0 Å². The zero-order valence-electron chi connectivity index (χ0n) is 11.0. The Labute approximate surface area is 122 Å². The molecule has 2 aliphatic rings. The van der Waals surface area contributed by atoms with Crippen molar-refractivity contribution in [2.24, 2.45) is 10.2 Å². The molecule has 0 saturated heterocycles. The van der Waals surface area contributed by atoms with Gasteiger partial charge in [0.25, 0.3) is 0 Å². The van der Waals surface area contributed by atoms with E-state index in [9.17, 15) is 0 Å². The number of rotatable bonds is 4. The average molecular weight is 258 g/mol. The van der Waals surface area contributed by atoms with Gasteiger partial charge in [-0.1, -0.05) is 30.3 Å². The summed E-state index contributed by atoms with van der Waals surface area (Å²) in [4.78, 5) is 0. The Hall–Kier alpha value is -1.44. The molecule has 3 rings (SSSR count). The lowest BCUT2D eigenvalue weighted by Crippen LogP contribution is -2.11. The molecule has 0 heterocycles. The molecule has 10 radical (unpaired) electrons. The van der Waals surface area contributed by atoms with Crippen LogP contribution in [0, 0.1) is 63.2 Å². The predicted molar refractivity (Wildman–Crippen MR) is 82.4 cm³/mol. The summed E-state index contributed by atoms with van der Waals surface area (Å²) in [6.07, 6.45) is 17.9. The van der Waals surface area contributed by atoms with Crippen LogP contribution in [-0.4, -0.2) is 11.9 Å². The van der Waals surface area contributed by atoms with Gasteiger partial charge in [-0.15, -0.1) is 0 Å². The minimum atomic E-state index is 0.887. The fourth-order valence-electron chi connectivity index (χ4n) is 2.04. The van der Waals surface area contributed by atoms with E-state index in [1.54, 1.807) is 6.21 Å². The van der Waals surface area contributed by atoms with Crippen LogP contribution in [0.1, 0.15) is 5.56 Å². The quantitative estimate of drug-likeness (QED) is 0.585. The second-order valence-corrected chi connectivity index (χ2v) is 4.45. The number of benzene rings is 1. The van der Waals surface area contributed by atoms with Crippen LogP contribution in [0.5, 0.6) is 0 Å². The van der Waals surface area contributed by atoms with Gasteiger partial charge in [-0.25, -0.2) is 0 Å². The fourth-order valence-corrected chi connectivity index (χ4v) is 2.04. The Kier molecular flexibility index (Phi) is 4.62. The SMILES string of the molecule is [CH]1[CH][CH][C](/C=N/N=C(/[C]2[CH][CH][CH][CH]2)c2ccccc2)[CH]1. The van der Waals surface area contributed by atoms with E-state index in [4.69, 9.17) is 0 Å². The van der Waals surface area contributed by atoms with E-state index in [1.807, 2.05) is 81.7 Å². The van der Waals surface area contributed by atoms with Crippen LogP contribution in [0.25, 0.3) is 0 Å². The first-order valence-corrected chi connectivity index (χ1v) is 6.54. The summed E-state index contributed by atoms with van der Waals surface area (Å²) in [7, 11) is 0. The van der Waals surface area contributed by atoms with E-state index in [-0.39, 0.29) is 0 Å². The average Bonchev–Trinajstić information content (AvgIpc) is 3.18. The molecule has 0 atom stereocenters. The molecule has 2 fully saturated rings. The van der Waals surface area contributed by atoms with Gasteiger partial charge in [0.1, 0.15) is 0 Å². The third-order valence-electron chi connectivity index (χ3n) is 3.04. The summed E-state index contributed by atoms with van der Waals surface area (Å²) in [6.45, 7) is 0. The summed E-state index contributed by atoms with van der Waals surface area (Å²) >= 11 is 0. The van der Waals surface area contributed by atoms with Crippen LogP contribution in [0.15, 0.2) is 40.5 Å². The molecule has 1 aromatic carbocycles. The first-order valence-electron chi connectivity index (χ1n) is 6.54. The van der Waals surface area contributed by atoms with E-state index in [1.165, 1.54) is 0 Å². The number of hydrogen-bond acceptors (Lipinski definition) is 2. The molecular weight excluding hydrogens is 244 g/mol. The van der Waals surface area contributed by atoms with Crippen molar-refractivity contribution in [1.29, 1.82) is 0 Å². The third kappa shape index (κ3) is 3.36. The van der Waals surface area contributed by atoms with Gasteiger partial charge in [-0.3, -0.25) is 0 Å². The van der Waals surface area contributed by atoms with E-state index >= 15 is 0 Å². The lowest BCUT2D eigenvalue weighted by atomic mass is 9.95. The van der Waals surface area contributed by atoms with Gasteiger partial charge in [-0.05, 0) is 56.9 Å².